The van der Waals surface area contributed by atoms with Gasteiger partial charge in [0.15, 0.2) is 0 Å². The lowest BCUT2D eigenvalue weighted by molar-refractivity contribution is 0.161. The molecule has 0 aromatic heterocycles. The van der Waals surface area contributed by atoms with E-state index in [9.17, 15) is 5.11 Å². The molecule has 0 saturated carbocycles. The zero-order valence-electron chi connectivity index (χ0n) is 12.3. The molecule has 0 fully saturated rings. The molecule has 4 rings (SSSR count). The van der Waals surface area contributed by atoms with Gasteiger partial charge in [-0.25, -0.2) is 0 Å². The second kappa shape index (κ2) is 5.19. The van der Waals surface area contributed by atoms with Crippen molar-refractivity contribution in [3.8, 4) is 5.75 Å². The van der Waals surface area contributed by atoms with Crippen LogP contribution in [0.4, 0.5) is 0 Å². The van der Waals surface area contributed by atoms with Gasteiger partial charge in [-0.05, 0) is 60.1 Å². The van der Waals surface area contributed by atoms with Gasteiger partial charge < -0.3 is 5.11 Å². The number of hydrogen-bond donors (Lipinski definition) is 1. The smallest absolute Gasteiger partial charge is 0.115 e. The van der Waals surface area contributed by atoms with Gasteiger partial charge >= 0.3 is 0 Å². The number of aromatic hydroxyl groups is 1. The molecule has 0 amide bonds. The van der Waals surface area contributed by atoms with E-state index in [1.807, 2.05) is 12.1 Å². The van der Waals surface area contributed by atoms with Crippen molar-refractivity contribution in [2.45, 2.75) is 38.3 Å². The molecule has 1 N–H and O–H groups in total. The Kier molecular flexibility index (Phi) is 3.19. The molecule has 0 radical (unpaired) electrons. The fraction of sp³-hybridized carbons (Fsp3) is 0.368. The average Bonchev–Trinajstić information content (AvgIpc) is 2.54. The van der Waals surface area contributed by atoms with Gasteiger partial charge in [0.05, 0.1) is 0 Å². The Morgan fingerprint density at radius 1 is 0.952 bits per heavy atom. The number of phenols is 1. The maximum atomic E-state index is 9.84. The largest absolute Gasteiger partial charge is 0.508 e. The summed E-state index contributed by atoms with van der Waals surface area (Å²) in [4.78, 5) is 2.60. The summed E-state index contributed by atoms with van der Waals surface area (Å²) in [7, 11) is 0. The molecular weight excluding hydrogens is 258 g/mol. The van der Waals surface area contributed by atoms with Gasteiger partial charge in [-0.1, -0.05) is 30.3 Å². The van der Waals surface area contributed by atoms with Crippen LogP contribution in [-0.4, -0.2) is 16.6 Å². The zero-order valence-corrected chi connectivity index (χ0v) is 12.3. The number of fused-ring (bicyclic) bond motifs is 2. The summed E-state index contributed by atoms with van der Waals surface area (Å²) in [5.74, 6) is 0.401. The van der Waals surface area contributed by atoms with Crippen LogP contribution in [0, 0.1) is 0 Å². The van der Waals surface area contributed by atoms with Crippen molar-refractivity contribution in [1.82, 2.24) is 4.90 Å². The van der Waals surface area contributed by atoms with Crippen LogP contribution in [-0.2, 0) is 19.4 Å². The van der Waals surface area contributed by atoms with Crippen molar-refractivity contribution in [1.29, 1.82) is 0 Å². The Balaban J connectivity index is 1.66. The predicted molar refractivity (Wildman–Crippen MR) is 84.3 cm³/mol. The van der Waals surface area contributed by atoms with E-state index in [0.717, 1.165) is 25.9 Å². The van der Waals surface area contributed by atoms with E-state index in [4.69, 9.17) is 0 Å². The first kappa shape index (κ1) is 12.9. The van der Waals surface area contributed by atoms with Crippen LogP contribution in [0.1, 0.15) is 41.1 Å². The van der Waals surface area contributed by atoms with Gasteiger partial charge in [0, 0.05) is 19.1 Å². The Labute approximate surface area is 126 Å². The molecule has 1 aliphatic heterocycles. The van der Waals surface area contributed by atoms with E-state index in [0.29, 0.717) is 11.8 Å². The highest BCUT2D eigenvalue weighted by Gasteiger charge is 2.28. The summed E-state index contributed by atoms with van der Waals surface area (Å²) in [6, 6.07) is 15.2. The van der Waals surface area contributed by atoms with Crippen molar-refractivity contribution < 1.29 is 5.11 Å². The maximum Gasteiger partial charge on any atom is 0.115 e. The zero-order chi connectivity index (χ0) is 14.2. The van der Waals surface area contributed by atoms with Crippen LogP contribution in [0.15, 0.2) is 42.5 Å². The van der Waals surface area contributed by atoms with E-state index < -0.39 is 0 Å². The van der Waals surface area contributed by atoms with E-state index >= 15 is 0 Å². The summed E-state index contributed by atoms with van der Waals surface area (Å²) < 4.78 is 0. The molecule has 1 heterocycles. The third kappa shape index (κ3) is 2.34. The number of hydrogen-bond acceptors (Lipinski definition) is 2. The molecule has 2 aromatic carbocycles. The average molecular weight is 279 g/mol. The first-order valence-corrected chi connectivity index (χ1v) is 7.94. The van der Waals surface area contributed by atoms with Gasteiger partial charge in [-0.2, -0.15) is 0 Å². The molecule has 2 heteroatoms. The highest BCUT2D eigenvalue weighted by Crippen LogP contribution is 2.38. The van der Waals surface area contributed by atoms with Gasteiger partial charge in [0.2, 0.25) is 0 Å². The van der Waals surface area contributed by atoms with Crippen molar-refractivity contribution in [2.75, 3.05) is 6.54 Å². The number of rotatable bonds is 1. The molecule has 0 bridgehead atoms. The highest BCUT2D eigenvalue weighted by atomic mass is 16.3. The van der Waals surface area contributed by atoms with Crippen LogP contribution >= 0.6 is 0 Å². The molecule has 0 spiro atoms. The maximum absolute atomic E-state index is 9.84. The van der Waals surface area contributed by atoms with E-state index in [1.165, 1.54) is 35.1 Å². The fourth-order valence-corrected chi connectivity index (χ4v) is 3.92. The second-order valence-corrected chi connectivity index (χ2v) is 6.28. The van der Waals surface area contributed by atoms with E-state index in [-0.39, 0.29) is 0 Å². The highest BCUT2D eigenvalue weighted by molar-refractivity contribution is 5.39. The molecule has 1 aliphatic carbocycles. The Bertz CT molecular complexity index is 664. The fourth-order valence-electron chi connectivity index (χ4n) is 3.92. The standard InChI is InChI=1S/C19H21NO/c21-17-9-8-15-6-3-7-19(18(15)12-17)20-11-10-14-4-1-2-5-16(14)13-20/h1-2,4-5,8-9,12,19,21H,3,6-7,10-11,13H2. The topological polar surface area (TPSA) is 23.5 Å². The predicted octanol–water partition coefficient (Wildman–Crippen LogP) is 3.83. The normalized spacial score (nSPS) is 21.6. The molecule has 1 atom stereocenters. The van der Waals surface area contributed by atoms with Crippen LogP contribution in [0.3, 0.4) is 0 Å². The first-order chi connectivity index (χ1) is 10.3. The first-order valence-electron chi connectivity index (χ1n) is 7.94. The minimum Gasteiger partial charge on any atom is -0.508 e. The molecule has 108 valence electrons. The summed E-state index contributed by atoms with van der Waals surface area (Å²) in [5, 5.41) is 9.84. The van der Waals surface area contributed by atoms with Crippen molar-refractivity contribution >= 4 is 0 Å². The van der Waals surface area contributed by atoms with Gasteiger partial charge in [0.25, 0.3) is 0 Å². The van der Waals surface area contributed by atoms with Crippen LogP contribution in [0.5, 0.6) is 5.75 Å². The summed E-state index contributed by atoms with van der Waals surface area (Å²) in [6.45, 7) is 2.16. The summed E-state index contributed by atoms with van der Waals surface area (Å²) >= 11 is 0. The summed E-state index contributed by atoms with van der Waals surface area (Å²) in [5.41, 5.74) is 5.74. The molecule has 2 nitrogen and oxygen atoms in total. The lowest BCUT2D eigenvalue weighted by atomic mass is 9.85. The number of nitrogens with zero attached hydrogens (tertiary/aromatic N) is 1. The van der Waals surface area contributed by atoms with Crippen LogP contribution in [0.25, 0.3) is 0 Å². The monoisotopic (exact) mass is 279 g/mol. The third-order valence-electron chi connectivity index (χ3n) is 5.01. The SMILES string of the molecule is Oc1ccc2c(c1)C(N1CCc3ccccc3C1)CCC2. The molecule has 0 saturated heterocycles. The number of aryl methyl sites for hydroxylation is 1. The lowest BCUT2D eigenvalue weighted by Gasteiger charge is -2.38. The van der Waals surface area contributed by atoms with E-state index in [2.05, 4.69) is 35.2 Å². The van der Waals surface area contributed by atoms with Gasteiger partial charge in [-0.3, -0.25) is 4.90 Å². The minimum atomic E-state index is 0.401. The Morgan fingerprint density at radius 2 is 1.81 bits per heavy atom. The molecular formula is C19H21NO. The number of benzene rings is 2. The van der Waals surface area contributed by atoms with Gasteiger partial charge in [-0.15, -0.1) is 0 Å². The molecule has 21 heavy (non-hydrogen) atoms. The molecule has 2 aliphatic rings. The third-order valence-corrected chi connectivity index (χ3v) is 5.01. The second-order valence-electron chi connectivity index (χ2n) is 6.28. The van der Waals surface area contributed by atoms with Gasteiger partial charge in [0.1, 0.15) is 5.75 Å². The van der Waals surface area contributed by atoms with Crippen LogP contribution in [0.2, 0.25) is 0 Å². The quantitative estimate of drug-likeness (QED) is 0.857. The lowest BCUT2D eigenvalue weighted by Crippen LogP contribution is -2.35. The number of phenolic OH excluding ortho intramolecular Hbond substituents is 1. The minimum absolute atomic E-state index is 0.401. The summed E-state index contributed by atoms with van der Waals surface area (Å²) in [6.07, 6.45) is 4.75. The Hall–Kier alpha value is -1.80. The molecule has 2 aromatic rings. The van der Waals surface area contributed by atoms with Crippen molar-refractivity contribution in [2.24, 2.45) is 0 Å². The van der Waals surface area contributed by atoms with E-state index in [1.54, 1.807) is 0 Å². The van der Waals surface area contributed by atoms with Crippen LogP contribution < -0.4 is 0 Å². The molecule has 1 unspecified atom stereocenters. The Morgan fingerprint density at radius 3 is 2.71 bits per heavy atom. The van der Waals surface area contributed by atoms with Crippen molar-refractivity contribution in [3.63, 3.8) is 0 Å². The van der Waals surface area contributed by atoms with Crippen molar-refractivity contribution in [3.05, 3.63) is 64.7 Å².